The second kappa shape index (κ2) is 5.62. The fraction of sp³-hybridized carbons (Fsp3) is 0.533. The standard InChI is InChI=1S/C15H18ClNO3/c1-10-8-17(9-13(7-16)20-10)15(18)12-2-3-14-11(6-12)4-5-19-14/h2-3,6,10,13H,4-5,7-9H2,1H3. The fourth-order valence-corrected chi connectivity index (χ4v) is 2.97. The molecule has 4 nitrogen and oxygen atoms in total. The molecule has 5 heteroatoms. The Labute approximate surface area is 123 Å². The number of rotatable bonds is 2. The number of carbonyl (C=O) groups is 1. The molecule has 0 aliphatic carbocycles. The summed E-state index contributed by atoms with van der Waals surface area (Å²) >= 11 is 5.86. The normalized spacial score (nSPS) is 25.2. The minimum Gasteiger partial charge on any atom is -0.493 e. The van der Waals surface area contributed by atoms with Crippen molar-refractivity contribution in [3.8, 4) is 5.75 Å². The number of halogens is 1. The largest absolute Gasteiger partial charge is 0.493 e. The van der Waals surface area contributed by atoms with Gasteiger partial charge >= 0.3 is 0 Å². The van der Waals surface area contributed by atoms with Crippen LogP contribution >= 0.6 is 11.6 Å². The number of amides is 1. The molecule has 0 bridgehead atoms. The third kappa shape index (κ3) is 2.63. The van der Waals surface area contributed by atoms with Crippen LogP contribution in [0, 0.1) is 0 Å². The molecule has 0 saturated carbocycles. The molecule has 0 aromatic heterocycles. The Morgan fingerprint density at radius 3 is 3.10 bits per heavy atom. The van der Waals surface area contributed by atoms with Gasteiger partial charge in [-0.05, 0) is 30.7 Å². The van der Waals surface area contributed by atoms with E-state index in [2.05, 4.69) is 0 Å². The van der Waals surface area contributed by atoms with Crippen molar-refractivity contribution in [3.05, 3.63) is 29.3 Å². The molecule has 0 N–H and O–H groups in total. The van der Waals surface area contributed by atoms with Gasteiger partial charge in [0.05, 0.1) is 24.7 Å². The lowest BCUT2D eigenvalue weighted by atomic mass is 10.1. The quantitative estimate of drug-likeness (QED) is 0.784. The van der Waals surface area contributed by atoms with Crippen molar-refractivity contribution in [3.63, 3.8) is 0 Å². The molecule has 20 heavy (non-hydrogen) atoms. The number of carbonyl (C=O) groups excluding carboxylic acids is 1. The summed E-state index contributed by atoms with van der Waals surface area (Å²) in [6.45, 7) is 3.84. The first kappa shape index (κ1) is 13.7. The summed E-state index contributed by atoms with van der Waals surface area (Å²) in [5.41, 5.74) is 1.84. The Bertz CT molecular complexity index is 520. The summed E-state index contributed by atoms with van der Waals surface area (Å²) in [7, 11) is 0. The lowest BCUT2D eigenvalue weighted by Gasteiger charge is -2.36. The van der Waals surface area contributed by atoms with E-state index in [0.717, 1.165) is 23.3 Å². The summed E-state index contributed by atoms with van der Waals surface area (Å²) in [5.74, 6) is 1.35. The maximum Gasteiger partial charge on any atom is 0.254 e. The maximum absolute atomic E-state index is 12.6. The Morgan fingerprint density at radius 2 is 2.30 bits per heavy atom. The van der Waals surface area contributed by atoms with E-state index in [1.165, 1.54) is 0 Å². The van der Waals surface area contributed by atoms with Crippen LogP contribution in [-0.2, 0) is 11.2 Å². The fourth-order valence-electron chi connectivity index (χ4n) is 2.80. The highest BCUT2D eigenvalue weighted by atomic mass is 35.5. The number of hydrogen-bond acceptors (Lipinski definition) is 3. The van der Waals surface area contributed by atoms with Crippen molar-refractivity contribution in [2.45, 2.75) is 25.6 Å². The molecule has 1 aromatic carbocycles. The van der Waals surface area contributed by atoms with Gasteiger partial charge in [-0.1, -0.05) is 0 Å². The molecule has 1 saturated heterocycles. The van der Waals surface area contributed by atoms with E-state index in [-0.39, 0.29) is 18.1 Å². The molecule has 1 aromatic rings. The van der Waals surface area contributed by atoms with Crippen LogP contribution in [0.4, 0.5) is 0 Å². The Kier molecular flexibility index (Phi) is 3.85. The van der Waals surface area contributed by atoms with Crippen molar-refractivity contribution < 1.29 is 14.3 Å². The van der Waals surface area contributed by atoms with Crippen molar-refractivity contribution in [1.82, 2.24) is 4.90 Å². The molecule has 2 aliphatic heterocycles. The summed E-state index contributed by atoms with van der Waals surface area (Å²) in [5, 5.41) is 0. The van der Waals surface area contributed by atoms with Crippen LogP contribution in [0.5, 0.6) is 5.75 Å². The molecule has 2 atom stereocenters. The highest BCUT2D eigenvalue weighted by Crippen LogP contribution is 2.26. The van der Waals surface area contributed by atoms with E-state index in [1.807, 2.05) is 30.0 Å². The van der Waals surface area contributed by atoms with Crippen molar-refractivity contribution in [1.29, 1.82) is 0 Å². The molecule has 2 heterocycles. The third-order valence-corrected chi connectivity index (χ3v) is 4.07. The third-order valence-electron chi connectivity index (χ3n) is 3.72. The first-order valence-electron chi connectivity index (χ1n) is 6.94. The van der Waals surface area contributed by atoms with Gasteiger partial charge < -0.3 is 14.4 Å². The van der Waals surface area contributed by atoms with E-state index < -0.39 is 0 Å². The minimum absolute atomic E-state index is 0.0224. The molecule has 108 valence electrons. The summed E-state index contributed by atoms with van der Waals surface area (Å²) in [6.07, 6.45) is 0.816. The van der Waals surface area contributed by atoms with E-state index in [1.54, 1.807) is 0 Å². The Hall–Kier alpha value is -1.26. The van der Waals surface area contributed by atoms with Gasteiger partial charge in [0, 0.05) is 25.1 Å². The van der Waals surface area contributed by atoms with Gasteiger partial charge in [0.2, 0.25) is 0 Å². The molecular formula is C15H18ClNO3. The van der Waals surface area contributed by atoms with Crippen molar-refractivity contribution in [2.24, 2.45) is 0 Å². The van der Waals surface area contributed by atoms with Gasteiger partial charge in [-0.25, -0.2) is 0 Å². The van der Waals surface area contributed by atoms with Crippen LogP contribution in [0.1, 0.15) is 22.8 Å². The lowest BCUT2D eigenvalue weighted by molar-refractivity contribution is -0.0570. The van der Waals surface area contributed by atoms with Gasteiger partial charge in [0.15, 0.2) is 0 Å². The average molecular weight is 296 g/mol. The SMILES string of the molecule is CC1CN(C(=O)c2ccc3c(c2)CCO3)CC(CCl)O1. The number of morpholine rings is 1. The van der Waals surface area contributed by atoms with Crippen molar-refractivity contribution in [2.75, 3.05) is 25.6 Å². The number of nitrogens with zero attached hydrogens (tertiary/aromatic N) is 1. The molecule has 0 spiro atoms. The van der Waals surface area contributed by atoms with E-state index in [4.69, 9.17) is 21.1 Å². The minimum atomic E-state index is -0.0814. The van der Waals surface area contributed by atoms with Gasteiger partial charge in [0.25, 0.3) is 5.91 Å². The molecule has 3 rings (SSSR count). The molecule has 0 radical (unpaired) electrons. The smallest absolute Gasteiger partial charge is 0.254 e. The molecule has 1 amide bonds. The maximum atomic E-state index is 12.6. The van der Waals surface area contributed by atoms with Gasteiger partial charge in [-0.3, -0.25) is 4.79 Å². The zero-order valence-electron chi connectivity index (χ0n) is 11.5. The van der Waals surface area contributed by atoms with Crippen LogP contribution in [0.25, 0.3) is 0 Å². The topological polar surface area (TPSA) is 38.8 Å². The van der Waals surface area contributed by atoms with Crippen molar-refractivity contribution >= 4 is 17.5 Å². The lowest BCUT2D eigenvalue weighted by Crippen LogP contribution is -2.49. The van der Waals surface area contributed by atoms with Crippen LogP contribution in [0.3, 0.4) is 0 Å². The molecule has 2 aliphatic rings. The predicted molar refractivity (Wildman–Crippen MR) is 76.6 cm³/mol. The predicted octanol–water partition coefficient (Wildman–Crippen LogP) is 2.09. The first-order chi connectivity index (χ1) is 9.67. The first-order valence-corrected chi connectivity index (χ1v) is 7.47. The zero-order valence-corrected chi connectivity index (χ0v) is 12.2. The number of benzene rings is 1. The molecule has 2 unspecified atom stereocenters. The number of alkyl halides is 1. The van der Waals surface area contributed by atoms with Crippen LogP contribution in [0.15, 0.2) is 18.2 Å². The zero-order chi connectivity index (χ0) is 14.1. The number of fused-ring (bicyclic) bond motifs is 1. The molecule has 1 fully saturated rings. The summed E-state index contributed by atoms with van der Waals surface area (Å²) < 4.78 is 11.1. The van der Waals surface area contributed by atoms with Gasteiger partial charge in [0.1, 0.15) is 5.75 Å². The van der Waals surface area contributed by atoms with Gasteiger partial charge in [-0.15, -0.1) is 11.6 Å². The number of ether oxygens (including phenoxy) is 2. The second-order valence-electron chi connectivity index (χ2n) is 5.35. The summed E-state index contributed by atoms with van der Waals surface area (Å²) in [6, 6.07) is 5.67. The van der Waals surface area contributed by atoms with Gasteiger partial charge in [-0.2, -0.15) is 0 Å². The van der Waals surface area contributed by atoms with Crippen LogP contribution in [-0.4, -0.2) is 48.6 Å². The monoisotopic (exact) mass is 295 g/mol. The van der Waals surface area contributed by atoms with Crippen LogP contribution in [0.2, 0.25) is 0 Å². The van der Waals surface area contributed by atoms with E-state index >= 15 is 0 Å². The Morgan fingerprint density at radius 1 is 1.45 bits per heavy atom. The van der Waals surface area contributed by atoms with Crippen LogP contribution < -0.4 is 4.74 Å². The summed E-state index contributed by atoms with van der Waals surface area (Å²) in [4.78, 5) is 14.4. The average Bonchev–Trinajstić information content (AvgIpc) is 2.93. The second-order valence-corrected chi connectivity index (χ2v) is 5.66. The molecular weight excluding hydrogens is 278 g/mol. The number of hydrogen-bond donors (Lipinski definition) is 0. The van der Waals surface area contributed by atoms with E-state index in [9.17, 15) is 4.79 Å². The van der Waals surface area contributed by atoms with E-state index in [0.29, 0.717) is 25.6 Å². The Balaban J connectivity index is 1.78. The highest BCUT2D eigenvalue weighted by Gasteiger charge is 2.29. The highest BCUT2D eigenvalue weighted by molar-refractivity contribution is 6.18.